The zero-order valence-corrected chi connectivity index (χ0v) is 8.94. The van der Waals surface area contributed by atoms with Gasteiger partial charge in [0.05, 0.1) is 6.10 Å². The lowest BCUT2D eigenvalue weighted by atomic mass is 10.1. The third-order valence-corrected chi connectivity index (χ3v) is 2.55. The molecule has 1 N–H and O–H groups in total. The first-order valence-corrected chi connectivity index (χ1v) is 5.04. The molecule has 13 heavy (non-hydrogen) atoms. The summed E-state index contributed by atoms with van der Waals surface area (Å²) in [5, 5.41) is 10.8. The average Bonchev–Trinajstić information content (AvgIpc) is 2.04. The van der Waals surface area contributed by atoms with Gasteiger partial charge in [0, 0.05) is 15.6 Å². The van der Waals surface area contributed by atoms with E-state index in [-0.39, 0.29) is 0 Å². The predicted octanol–water partition coefficient (Wildman–Crippen LogP) is 3.83. The molecule has 0 spiro atoms. The fourth-order valence-electron chi connectivity index (χ4n) is 1.25. The number of halogens is 2. The van der Waals surface area contributed by atoms with Gasteiger partial charge in [-0.3, -0.25) is 0 Å². The van der Waals surface area contributed by atoms with Crippen molar-refractivity contribution in [2.75, 3.05) is 0 Å². The minimum atomic E-state index is -0.550. The van der Waals surface area contributed by atoms with E-state index < -0.39 is 6.10 Å². The van der Waals surface area contributed by atoms with Gasteiger partial charge in [-0.25, -0.2) is 0 Å². The molecule has 0 saturated carbocycles. The maximum Gasteiger partial charge on any atom is 0.0819 e. The maximum atomic E-state index is 9.71. The van der Waals surface area contributed by atoms with E-state index in [2.05, 4.69) is 0 Å². The van der Waals surface area contributed by atoms with Crippen molar-refractivity contribution in [2.45, 2.75) is 25.9 Å². The van der Waals surface area contributed by atoms with Crippen molar-refractivity contribution < 1.29 is 5.11 Å². The van der Waals surface area contributed by atoms with Crippen LogP contribution in [-0.2, 0) is 0 Å². The Balaban J connectivity index is 2.98. The molecule has 0 amide bonds. The lowest BCUT2D eigenvalue weighted by Crippen LogP contribution is -1.98. The molecule has 0 bridgehead atoms. The zero-order valence-electron chi connectivity index (χ0n) is 7.43. The molecule has 0 aliphatic carbocycles. The molecule has 3 heteroatoms. The Hall–Kier alpha value is -0.240. The number of benzene rings is 1. The summed E-state index contributed by atoms with van der Waals surface area (Å²) in [4.78, 5) is 0. The van der Waals surface area contributed by atoms with Gasteiger partial charge < -0.3 is 5.11 Å². The molecule has 0 aliphatic rings. The molecule has 0 unspecified atom stereocenters. The molecule has 1 aromatic rings. The Bertz CT molecular complexity index is 266. The van der Waals surface area contributed by atoms with Crippen molar-refractivity contribution in [3.63, 3.8) is 0 Å². The summed E-state index contributed by atoms with van der Waals surface area (Å²) in [6.07, 6.45) is 1.04. The van der Waals surface area contributed by atoms with E-state index in [1.807, 2.05) is 6.92 Å². The highest BCUT2D eigenvalue weighted by molar-refractivity contribution is 6.36. The number of hydrogen-bond donors (Lipinski definition) is 1. The van der Waals surface area contributed by atoms with E-state index in [0.717, 1.165) is 6.42 Å². The molecule has 0 saturated heterocycles. The minimum Gasteiger partial charge on any atom is -0.388 e. The van der Waals surface area contributed by atoms with E-state index in [0.29, 0.717) is 22.0 Å². The largest absolute Gasteiger partial charge is 0.388 e. The highest BCUT2D eigenvalue weighted by atomic mass is 35.5. The lowest BCUT2D eigenvalue weighted by Gasteiger charge is -2.12. The fourth-order valence-corrected chi connectivity index (χ4v) is 1.90. The zero-order chi connectivity index (χ0) is 9.84. The monoisotopic (exact) mass is 218 g/mol. The van der Waals surface area contributed by atoms with Crippen LogP contribution in [-0.4, -0.2) is 5.11 Å². The normalized spacial score (nSPS) is 12.9. The van der Waals surface area contributed by atoms with Crippen LogP contribution < -0.4 is 0 Å². The summed E-state index contributed by atoms with van der Waals surface area (Å²) < 4.78 is 0. The van der Waals surface area contributed by atoms with Gasteiger partial charge in [-0.05, 0) is 18.6 Å². The quantitative estimate of drug-likeness (QED) is 0.818. The van der Waals surface area contributed by atoms with E-state index in [9.17, 15) is 5.11 Å². The fraction of sp³-hybridized carbons (Fsp3) is 0.400. The van der Waals surface area contributed by atoms with Crippen molar-refractivity contribution in [3.05, 3.63) is 33.8 Å². The SMILES string of the molecule is CCC[C@@H](O)c1c(Cl)cccc1Cl. The number of rotatable bonds is 3. The first-order valence-electron chi connectivity index (χ1n) is 4.28. The molecule has 1 atom stereocenters. The summed E-state index contributed by atoms with van der Waals surface area (Å²) in [5.74, 6) is 0. The molecule has 72 valence electrons. The third kappa shape index (κ3) is 2.60. The Kier molecular flexibility index (Phi) is 4.04. The molecular weight excluding hydrogens is 207 g/mol. The van der Waals surface area contributed by atoms with Crippen LogP contribution in [0.1, 0.15) is 31.4 Å². The molecule has 0 fully saturated rings. The topological polar surface area (TPSA) is 20.2 Å². The Morgan fingerprint density at radius 3 is 2.31 bits per heavy atom. The standard InChI is InChI=1S/C10H12Cl2O/c1-2-4-9(13)10-7(11)5-3-6-8(10)12/h3,5-6,9,13H,2,4H2,1H3/t9-/m1/s1. The second-order valence-corrected chi connectivity index (χ2v) is 3.75. The number of aliphatic hydroxyl groups excluding tert-OH is 1. The van der Waals surface area contributed by atoms with Crippen molar-refractivity contribution >= 4 is 23.2 Å². The molecular formula is C10H12Cl2O. The van der Waals surface area contributed by atoms with Crippen molar-refractivity contribution in [1.82, 2.24) is 0 Å². The van der Waals surface area contributed by atoms with Gasteiger partial charge in [0.25, 0.3) is 0 Å². The van der Waals surface area contributed by atoms with Crippen LogP contribution in [0.15, 0.2) is 18.2 Å². The van der Waals surface area contributed by atoms with E-state index in [4.69, 9.17) is 23.2 Å². The van der Waals surface area contributed by atoms with Gasteiger partial charge in [0.2, 0.25) is 0 Å². The second-order valence-electron chi connectivity index (χ2n) is 2.94. The van der Waals surface area contributed by atoms with Gasteiger partial charge in [-0.15, -0.1) is 0 Å². The second kappa shape index (κ2) is 4.85. The first-order chi connectivity index (χ1) is 6.16. The van der Waals surface area contributed by atoms with Crippen molar-refractivity contribution in [3.8, 4) is 0 Å². The maximum absolute atomic E-state index is 9.71. The smallest absolute Gasteiger partial charge is 0.0819 e. The molecule has 1 aromatic carbocycles. The number of hydrogen-bond acceptors (Lipinski definition) is 1. The van der Waals surface area contributed by atoms with Crippen LogP contribution in [0.5, 0.6) is 0 Å². The Labute approximate surface area is 88.3 Å². The van der Waals surface area contributed by atoms with Gasteiger partial charge in [-0.1, -0.05) is 42.6 Å². The molecule has 1 nitrogen and oxygen atoms in total. The molecule has 1 rings (SSSR count). The average molecular weight is 219 g/mol. The van der Waals surface area contributed by atoms with Crippen LogP contribution in [0.3, 0.4) is 0 Å². The van der Waals surface area contributed by atoms with Crippen LogP contribution in [0.25, 0.3) is 0 Å². The van der Waals surface area contributed by atoms with Crippen LogP contribution in [0, 0.1) is 0 Å². The van der Waals surface area contributed by atoms with Gasteiger partial charge in [0.15, 0.2) is 0 Å². The van der Waals surface area contributed by atoms with Gasteiger partial charge in [0.1, 0.15) is 0 Å². The van der Waals surface area contributed by atoms with Crippen molar-refractivity contribution in [1.29, 1.82) is 0 Å². The Morgan fingerprint density at radius 2 is 1.85 bits per heavy atom. The van der Waals surface area contributed by atoms with Crippen LogP contribution in [0.4, 0.5) is 0 Å². The first kappa shape index (κ1) is 10.8. The van der Waals surface area contributed by atoms with E-state index >= 15 is 0 Å². The van der Waals surface area contributed by atoms with E-state index in [1.54, 1.807) is 18.2 Å². The minimum absolute atomic E-state index is 0.536. The lowest BCUT2D eigenvalue weighted by molar-refractivity contribution is 0.166. The van der Waals surface area contributed by atoms with Crippen LogP contribution in [0.2, 0.25) is 10.0 Å². The third-order valence-electron chi connectivity index (χ3n) is 1.90. The Morgan fingerprint density at radius 1 is 1.31 bits per heavy atom. The summed E-state index contributed by atoms with van der Waals surface area (Å²) in [6, 6.07) is 5.25. The summed E-state index contributed by atoms with van der Waals surface area (Å²) in [5.41, 5.74) is 0.646. The summed E-state index contributed by atoms with van der Waals surface area (Å²) in [7, 11) is 0. The highest BCUT2D eigenvalue weighted by Crippen LogP contribution is 2.32. The van der Waals surface area contributed by atoms with Crippen molar-refractivity contribution in [2.24, 2.45) is 0 Å². The van der Waals surface area contributed by atoms with Gasteiger partial charge in [-0.2, -0.15) is 0 Å². The molecule has 0 aromatic heterocycles. The molecule has 0 radical (unpaired) electrons. The molecule has 0 heterocycles. The molecule has 0 aliphatic heterocycles. The predicted molar refractivity (Wildman–Crippen MR) is 56.3 cm³/mol. The summed E-state index contributed by atoms with van der Waals surface area (Å²) >= 11 is 11.8. The van der Waals surface area contributed by atoms with Gasteiger partial charge >= 0.3 is 0 Å². The van der Waals surface area contributed by atoms with Crippen LogP contribution >= 0.6 is 23.2 Å². The van der Waals surface area contributed by atoms with E-state index in [1.165, 1.54) is 0 Å². The highest BCUT2D eigenvalue weighted by Gasteiger charge is 2.13. The number of aliphatic hydroxyl groups is 1. The summed E-state index contributed by atoms with van der Waals surface area (Å²) in [6.45, 7) is 2.01.